The van der Waals surface area contributed by atoms with Crippen molar-refractivity contribution >= 4 is 6.16 Å². The zero-order valence-corrected chi connectivity index (χ0v) is 14.4. The van der Waals surface area contributed by atoms with Crippen LogP contribution in [0.5, 0.6) is 0 Å². The Kier molecular flexibility index (Phi) is 5.84. The molecule has 26 heavy (non-hydrogen) atoms. The van der Waals surface area contributed by atoms with Gasteiger partial charge in [-0.15, -0.1) is 0 Å². The molecule has 0 fully saturated rings. The highest BCUT2D eigenvalue weighted by atomic mass is 16.7. The van der Waals surface area contributed by atoms with Gasteiger partial charge in [0, 0.05) is 5.56 Å². The zero-order chi connectivity index (χ0) is 18.2. The van der Waals surface area contributed by atoms with Crippen molar-refractivity contribution in [2.75, 3.05) is 0 Å². The van der Waals surface area contributed by atoms with E-state index in [1.54, 1.807) is 6.08 Å². The molecule has 3 aromatic carbocycles. The first-order valence-corrected chi connectivity index (χ1v) is 8.42. The topological polar surface area (TPSA) is 35.5 Å². The second-order valence-corrected chi connectivity index (χ2v) is 5.75. The lowest BCUT2D eigenvalue weighted by atomic mass is 9.96. The summed E-state index contributed by atoms with van der Waals surface area (Å²) < 4.78 is 10.7. The molecule has 0 aliphatic rings. The minimum Gasteiger partial charge on any atom is -0.429 e. The second kappa shape index (κ2) is 8.67. The van der Waals surface area contributed by atoms with Crippen LogP contribution in [0.25, 0.3) is 11.1 Å². The van der Waals surface area contributed by atoms with E-state index in [2.05, 4.69) is 6.58 Å². The van der Waals surface area contributed by atoms with Crippen molar-refractivity contribution in [2.45, 2.75) is 12.7 Å². The Morgan fingerprint density at radius 2 is 1.50 bits per heavy atom. The Bertz CT molecular complexity index is 857. The van der Waals surface area contributed by atoms with E-state index in [1.165, 1.54) is 0 Å². The number of rotatable bonds is 6. The quantitative estimate of drug-likeness (QED) is 0.410. The van der Waals surface area contributed by atoms with Crippen molar-refractivity contribution in [3.63, 3.8) is 0 Å². The molecule has 0 amide bonds. The van der Waals surface area contributed by atoms with Gasteiger partial charge >= 0.3 is 6.16 Å². The Hall–Kier alpha value is -3.33. The SMILES string of the molecule is C=CC(OC(=O)OCc1ccccc1)c1ccccc1-c1ccccc1. The van der Waals surface area contributed by atoms with Gasteiger partial charge in [-0.1, -0.05) is 91.5 Å². The normalized spacial score (nSPS) is 11.4. The molecule has 0 N–H and O–H groups in total. The highest BCUT2D eigenvalue weighted by Gasteiger charge is 2.18. The Balaban J connectivity index is 1.73. The predicted octanol–water partition coefficient (Wildman–Crippen LogP) is 5.93. The van der Waals surface area contributed by atoms with Crippen LogP contribution in [0.2, 0.25) is 0 Å². The zero-order valence-electron chi connectivity index (χ0n) is 14.4. The molecule has 3 aromatic rings. The monoisotopic (exact) mass is 344 g/mol. The van der Waals surface area contributed by atoms with Crippen LogP contribution >= 0.6 is 0 Å². The minimum atomic E-state index is -0.721. The summed E-state index contributed by atoms with van der Waals surface area (Å²) >= 11 is 0. The van der Waals surface area contributed by atoms with Gasteiger partial charge in [-0.3, -0.25) is 0 Å². The highest BCUT2D eigenvalue weighted by molar-refractivity contribution is 5.69. The molecule has 0 aliphatic carbocycles. The molecule has 0 aromatic heterocycles. The van der Waals surface area contributed by atoms with E-state index in [4.69, 9.17) is 9.47 Å². The fourth-order valence-electron chi connectivity index (χ4n) is 2.72. The maximum atomic E-state index is 12.1. The smallest absolute Gasteiger partial charge is 0.429 e. The third-order valence-electron chi connectivity index (χ3n) is 3.99. The Morgan fingerprint density at radius 1 is 0.885 bits per heavy atom. The summed E-state index contributed by atoms with van der Waals surface area (Å²) in [7, 11) is 0. The van der Waals surface area contributed by atoms with Gasteiger partial charge in [0.2, 0.25) is 0 Å². The van der Waals surface area contributed by atoms with E-state index in [0.29, 0.717) is 0 Å². The fraction of sp³-hybridized carbons (Fsp3) is 0.0870. The van der Waals surface area contributed by atoms with Gasteiger partial charge in [0.1, 0.15) is 12.7 Å². The van der Waals surface area contributed by atoms with Crippen LogP contribution in [0.4, 0.5) is 4.79 Å². The molecule has 0 heterocycles. The maximum Gasteiger partial charge on any atom is 0.509 e. The first-order chi connectivity index (χ1) is 12.8. The maximum absolute atomic E-state index is 12.1. The van der Waals surface area contributed by atoms with E-state index in [-0.39, 0.29) is 6.61 Å². The number of carbonyl (C=O) groups is 1. The summed E-state index contributed by atoms with van der Waals surface area (Å²) in [6.45, 7) is 3.98. The lowest BCUT2D eigenvalue weighted by Gasteiger charge is -2.18. The molecular weight excluding hydrogens is 324 g/mol. The van der Waals surface area contributed by atoms with Crippen LogP contribution in [0.3, 0.4) is 0 Å². The van der Waals surface area contributed by atoms with Gasteiger partial charge in [-0.05, 0) is 22.8 Å². The molecule has 0 bridgehead atoms. The van der Waals surface area contributed by atoms with Crippen LogP contribution in [-0.4, -0.2) is 6.16 Å². The van der Waals surface area contributed by atoms with Crippen molar-refractivity contribution in [3.8, 4) is 11.1 Å². The standard InChI is InChI=1S/C23H20O3/c1-2-22(26-23(24)25-17-18-11-5-3-6-12-18)21-16-10-9-15-20(21)19-13-7-4-8-14-19/h2-16,22H,1,17H2. The molecule has 3 nitrogen and oxygen atoms in total. The predicted molar refractivity (Wildman–Crippen MR) is 103 cm³/mol. The van der Waals surface area contributed by atoms with Gasteiger partial charge in [0.25, 0.3) is 0 Å². The average Bonchev–Trinajstić information content (AvgIpc) is 2.72. The molecule has 1 unspecified atom stereocenters. The summed E-state index contributed by atoms with van der Waals surface area (Å²) in [6.07, 6.45) is 0.294. The van der Waals surface area contributed by atoms with Gasteiger partial charge in [0.15, 0.2) is 0 Å². The van der Waals surface area contributed by atoms with E-state index < -0.39 is 12.3 Å². The third-order valence-corrected chi connectivity index (χ3v) is 3.99. The molecular formula is C23H20O3. The summed E-state index contributed by atoms with van der Waals surface area (Å²) in [5.41, 5.74) is 3.82. The summed E-state index contributed by atoms with van der Waals surface area (Å²) in [4.78, 5) is 12.1. The number of hydrogen-bond acceptors (Lipinski definition) is 3. The molecule has 0 aliphatic heterocycles. The summed E-state index contributed by atoms with van der Waals surface area (Å²) in [5.74, 6) is 0. The Labute approximate surface area is 153 Å². The van der Waals surface area contributed by atoms with Crippen LogP contribution in [0.15, 0.2) is 97.6 Å². The molecule has 1 atom stereocenters. The van der Waals surface area contributed by atoms with Gasteiger partial charge in [0.05, 0.1) is 0 Å². The molecule has 130 valence electrons. The minimum absolute atomic E-state index is 0.171. The first-order valence-electron chi connectivity index (χ1n) is 8.42. The van der Waals surface area contributed by atoms with E-state index in [0.717, 1.165) is 22.3 Å². The Morgan fingerprint density at radius 3 is 2.19 bits per heavy atom. The van der Waals surface area contributed by atoms with Crippen molar-refractivity contribution in [1.29, 1.82) is 0 Å². The number of ether oxygens (including phenoxy) is 2. The second-order valence-electron chi connectivity index (χ2n) is 5.75. The highest BCUT2D eigenvalue weighted by Crippen LogP contribution is 2.31. The van der Waals surface area contributed by atoms with Crippen LogP contribution < -0.4 is 0 Å². The largest absolute Gasteiger partial charge is 0.509 e. The van der Waals surface area contributed by atoms with Crippen molar-refractivity contribution in [2.24, 2.45) is 0 Å². The molecule has 3 rings (SSSR count). The van der Waals surface area contributed by atoms with E-state index in [1.807, 2.05) is 84.9 Å². The summed E-state index contributed by atoms with van der Waals surface area (Å²) in [5, 5.41) is 0. The molecule has 3 heteroatoms. The summed E-state index contributed by atoms with van der Waals surface area (Å²) in [6, 6.07) is 27.2. The van der Waals surface area contributed by atoms with Gasteiger partial charge < -0.3 is 9.47 Å². The number of benzene rings is 3. The molecule has 0 radical (unpaired) electrons. The van der Waals surface area contributed by atoms with Crippen molar-refractivity contribution < 1.29 is 14.3 Å². The molecule has 0 spiro atoms. The number of hydrogen-bond donors (Lipinski definition) is 0. The van der Waals surface area contributed by atoms with Crippen molar-refractivity contribution in [1.82, 2.24) is 0 Å². The fourth-order valence-corrected chi connectivity index (χ4v) is 2.72. The third kappa shape index (κ3) is 4.39. The van der Waals surface area contributed by atoms with Crippen molar-refractivity contribution in [3.05, 3.63) is 109 Å². The van der Waals surface area contributed by atoms with Gasteiger partial charge in [-0.25, -0.2) is 4.79 Å². The average molecular weight is 344 g/mol. The van der Waals surface area contributed by atoms with Crippen LogP contribution in [0.1, 0.15) is 17.2 Å². The van der Waals surface area contributed by atoms with E-state index >= 15 is 0 Å². The van der Waals surface area contributed by atoms with Gasteiger partial charge in [-0.2, -0.15) is 0 Å². The lowest BCUT2D eigenvalue weighted by molar-refractivity contribution is 0.0321. The first kappa shape index (κ1) is 17.5. The lowest BCUT2D eigenvalue weighted by Crippen LogP contribution is -2.12. The van der Waals surface area contributed by atoms with Crippen LogP contribution in [-0.2, 0) is 16.1 Å². The van der Waals surface area contributed by atoms with E-state index in [9.17, 15) is 4.79 Å². The molecule has 0 saturated carbocycles. The molecule has 0 saturated heterocycles. The van der Waals surface area contributed by atoms with Crippen LogP contribution in [0, 0.1) is 0 Å². The number of carbonyl (C=O) groups excluding carboxylic acids is 1.